The summed E-state index contributed by atoms with van der Waals surface area (Å²) in [6.07, 6.45) is 4.30. The fourth-order valence-electron chi connectivity index (χ4n) is 3.66. The highest BCUT2D eigenvalue weighted by Crippen LogP contribution is 2.48. The van der Waals surface area contributed by atoms with Crippen LogP contribution in [0.5, 0.6) is 22.3 Å². The van der Waals surface area contributed by atoms with Crippen molar-refractivity contribution in [1.29, 1.82) is 0 Å². The minimum absolute atomic E-state index is 0.189. The molecule has 0 spiro atoms. The Morgan fingerprint density at radius 1 is 1.30 bits per heavy atom. The summed E-state index contributed by atoms with van der Waals surface area (Å²) < 4.78 is 18.7. The predicted molar refractivity (Wildman–Crippen MR) is 98.1 cm³/mol. The van der Waals surface area contributed by atoms with E-state index in [0.717, 1.165) is 46.6 Å². The summed E-state index contributed by atoms with van der Waals surface area (Å²) in [5.41, 5.74) is 3.71. The van der Waals surface area contributed by atoms with Gasteiger partial charge in [-0.2, -0.15) is 5.10 Å². The van der Waals surface area contributed by atoms with Gasteiger partial charge in [0, 0.05) is 13.1 Å². The Bertz CT molecular complexity index is 1070. The maximum absolute atomic E-state index is 11.8. The molecule has 0 atom stereocenters. The second-order valence-corrected chi connectivity index (χ2v) is 7.47. The molecule has 2 aliphatic rings. The SMILES string of the molecule is Cn1ncc2c1-c1c(Oc3ccc4c(c3)OCO4)sc(C(=O)O)c1CCC2. The highest BCUT2D eigenvalue weighted by Gasteiger charge is 2.30. The summed E-state index contributed by atoms with van der Waals surface area (Å²) in [4.78, 5) is 12.2. The van der Waals surface area contributed by atoms with Crippen molar-refractivity contribution in [3.63, 3.8) is 0 Å². The van der Waals surface area contributed by atoms with Crippen LogP contribution in [0.1, 0.15) is 27.2 Å². The van der Waals surface area contributed by atoms with Gasteiger partial charge < -0.3 is 19.3 Å². The van der Waals surface area contributed by atoms with Crippen LogP contribution in [0.2, 0.25) is 0 Å². The largest absolute Gasteiger partial charge is 0.477 e. The zero-order chi connectivity index (χ0) is 18.5. The molecule has 1 aliphatic carbocycles. The van der Waals surface area contributed by atoms with Crippen molar-refractivity contribution in [2.24, 2.45) is 7.05 Å². The monoisotopic (exact) mass is 384 g/mol. The van der Waals surface area contributed by atoms with Gasteiger partial charge >= 0.3 is 5.97 Å². The Balaban J connectivity index is 1.66. The minimum Gasteiger partial charge on any atom is -0.477 e. The molecule has 3 heterocycles. The summed E-state index contributed by atoms with van der Waals surface area (Å²) >= 11 is 1.16. The molecule has 0 radical (unpaired) electrons. The van der Waals surface area contributed by atoms with Crippen LogP contribution in [0.15, 0.2) is 24.4 Å². The van der Waals surface area contributed by atoms with Crippen LogP contribution in [0.25, 0.3) is 11.3 Å². The Labute approximate surface area is 158 Å². The smallest absolute Gasteiger partial charge is 0.346 e. The maximum atomic E-state index is 11.8. The first kappa shape index (κ1) is 16.2. The molecule has 1 aliphatic heterocycles. The van der Waals surface area contributed by atoms with Gasteiger partial charge in [0.2, 0.25) is 6.79 Å². The van der Waals surface area contributed by atoms with E-state index in [-0.39, 0.29) is 6.79 Å². The molecule has 1 aromatic carbocycles. The van der Waals surface area contributed by atoms with Gasteiger partial charge in [-0.05, 0) is 42.5 Å². The molecule has 5 rings (SSSR count). The van der Waals surface area contributed by atoms with Crippen LogP contribution in [-0.2, 0) is 19.9 Å². The zero-order valence-electron chi connectivity index (χ0n) is 14.5. The summed E-state index contributed by atoms with van der Waals surface area (Å²) in [5.74, 6) is 0.943. The number of carbonyl (C=O) groups is 1. The summed E-state index contributed by atoms with van der Waals surface area (Å²) in [6.45, 7) is 0.189. The molecule has 0 amide bonds. The fraction of sp³-hybridized carbons (Fsp3) is 0.263. The molecule has 7 nitrogen and oxygen atoms in total. The third kappa shape index (κ3) is 2.56. The number of benzene rings is 1. The van der Waals surface area contributed by atoms with Crippen molar-refractivity contribution in [1.82, 2.24) is 9.78 Å². The maximum Gasteiger partial charge on any atom is 0.346 e. The van der Waals surface area contributed by atoms with Crippen LogP contribution in [0.3, 0.4) is 0 Å². The van der Waals surface area contributed by atoms with E-state index in [0.29, 0.717) is 33.6 Å². The Morgan fingerprint density at radius 2 is 2.15 bits per heavy atom. The average Bonchev–Trinajstić information content (AvgIpc) is 3.30. The number of hydrogen-bond acceptors (Lipinski definition) is 6. The van der Waals surface area contributed by atoms with E-state index in [4.69, 9.17) is 14.2 Å². The van der Waals surface area contributed by atoms with Crippen molar-refractivity contribution in [2.75, 3.05) is 6.79 Å². The van der Waals surface area contributed by atoms with Crippen LogP contribution >= 0.6 is 11.3 Å². The molecule has 0 saturated carbocycles. The van der Waals surface area contributed by atoms with Crippen molar-refractivity contribution >= 4 is 17.3 Å². The topological polar surface area (TPSA) is 82.8 Å². The molecule has 8 heteroatoms. The van der Waals surface area contributed by atoms with Crippen LogP contribution in [0.4, 0.5) is 0 Å². The summed E-state index contributed by atoms with van der Waals surface area (Å²) in [5, 5.41) is 14.6. The molecule has 0 unspecified atom stereocenters. The van der Waals surface area contributed by atoms with Crippen molar-refractivity contribution in [3.8, 4) is 33.6 Å². The summed E-state index contributed by atoms with van der Waals surface area (Å²) in [6, 6.07) is 5.34. The quantitative estimate of drug-likeness (QED) is 0.738. The fourth-order valence-corrected chi connectivity index (χ4v) is 4.72. The normalized spacial score (nSPS) is 14.4. The lowest BCUT2D eigenvalue weighted by molar-refractivity contribution is 0.0701. The van der Waals surface area contributed by atoms with E-state index in [2.05, 4.69) is 5.10 Å². The first-order valence-electron chi connectivity index (χ1n) is 8.59. The number of aryl methyl sites for hydroxylation is 2. The lowest BCUT2D eigenvalue weighted by atomic mass is 10.1. The standard InChI is InChI=1S/C19H16N2O5S/c1-21-16-10(8-20-21)3-2-4-12-15(16)19(27-17(12)18(22)23)26-11-5-6-13-14(7-11)25-9-24-13/h5-8H,2-4,9H2,1H3,(H,22,23). The van der Waals surface area contributed by atoms with E-state index in [1.165, 1.54) is 0 Å². The van der Waals surface area contributed by atoms with Gasteiger partial charge in [-0.25, -0.2) is 4.79 Å². The number of aromatic nitrogens is 2. The Morgan fingerprint density at radius 3 is 3.00 bits per heavy atom. The highest BCUT2D eigenvalue weighted by atomic mass is 32.1. The van der Waals surface area contributed by atoms with Gasteiger partial charge in [0.25, 0.3) is 0 Å². The molecule has 0 saturated heterocycles. The number of fused-ring (bicyclic) bond motifs is 4. The van der Waals surface area contributed by atoms with Gasteiger partial charge in [0.05, 0.1) is 17.5 Å². The van der Waals surface area contributed by atoms with Gasteiger partial charge in [-0.15, -0.1) is 0 Å². The number of rotatable bonds is 3. The third-order valence-corrected chi connectivity index (χ3v) is 5.95. The highest BCUT2D eigenvalue weighted by molar-refractivity contribution is 7.16. The molecule has 1 N–H and O–H groups in total. The van der Waals surface area contributed by atoms with E-state index >= 15 is 0 Å². The molecular weight excluding hydrogens is 368 g/mol. The second kappa shape index (κ2) is 6.02. The number of carboxylic acid groups (broad SMARTS) is 1. The Hall–Kier alpha value is -3.00. The minimum atomic E-state index is -0.928. The molecule has 0 fully saturated rings. The van der Waals surface area contributed by atoms with Crippen molar-refractivity contribution in [3.05, 3.63) is 40.4 Å². The number of nitrogens with zero attached hydrogens (tertiary/aromatic N) is 2. The van der Waals surface area contributed by atoms with Gasteiger partial charge in [0.15, 0.2) is 16.6 Å². The lowest BCUT2D eigenvalue weighted by Crippen LogP contribution is -2.00. The number of hydrogen-bond donors (Lipinski definition) is 1. The average molecular weight is 384 g/mol. The number of ether oxygens (including phenoxy) is 3. The molecular formula is C19H16N2O5S. The summed E-state index contributed by atoms with van der Waals surface area (Å²) in [7, 11) is 1.87. The number of aromatic carboxylic acids is 1. The van der Waals surface area contributed by atoms with Crippen molar-refractivity contribution < 1.29 is 24.1 Å². The first-order valence-corrected chi connectivity index (χ1v) is 9.41. The Kier molecular flexibility index (Phi) is 3.61. The number of carboxylic acids is 1. The van der Waals surface area contributed by atoms with Gasteiger partial charge in [-0.1, -0.05) is 11.3 Å². The molecule has 138 valence electrons. The van der Waals surface area contributed by atoms with Crippen LogP contribution in [-0.4, -0.2) is 27.6 Å². The molecule has 2 aromatic heterocycles. The molecule has 0 bridgehead atoms. The zero-order valence-corrected chi connectivity index (χ0v) is 15.3. The molecule has 3 aromatic rings. The molecule has 27 heavy (non-hydrogen) atoms. The van der Waals surface area contributed by atoms with E-state index in [1.807, 2.05) is 13.2 Å². The third-order valence-electron chi connectivity index (χ3n) is 4.85. The van der Waals surface area contributed by atoms with E-state index < -0.39 is 5.97 Å². The van der Waals surface area contributed by atoms with E-state index in [1.54, 1.807) is 22.9 Å². The van der Waals surface area contributed by atoms with Gasteiger partial charge in [0.1, 0.15) is 10.6 Å². The predicted octanol–water partition coefficient (Wildman–Crippen LogP) is 3.86. The lowest BCUT2D eigenvalue weighted by Gasteiger charge is -2.09. The first-order chi connectivity index (χ1) is 13.1. The number of thiophene rings is 1. The van der Waals surface area contributed by atoms with Gasteiger partial charge in [-0.3, -0.25) is 4.68 Å². The van der Waals surface area contributed by atoms with E-state index in [9.17, 15) is 9.90 Å². The van der Waals surface area contributed by atoms with Crippen LogP contribution < -0.4 is 14.2 Å². The van der Waals surface area contributed by atoms with Crippen molar-refractivity contribution in [2.45, 2.75) is 19.3 Å². The van der Waals surface area contributed by atoms with Crippen LogP contribution in [0, 0.1) is 0 Å². The second-order valence-electron chi connectivity index (χ2n) is 6.49.